The first-order chi connectivity index (χ1) is 13.8. The molecule has 0 bridgehead atoms. The number of nitrogens with zero attached hydrogens (tertiary/aromatic N) is 3. The van der Waals surface area contributed by atoms with Gasteiger partial charge in [0.1, 0.15) is 12.1 Å². The van der Waals surface area contributed by atoms with Crippen molar-refractivity contribution in [1.82, 2.24) is 14.8 Å². The summed E-state index contributed by atoms with van der Waals surface area (Å²) < 4.78 is 40.1. The van der Waals surface area contributed by atoms with E-state index in [-0.39, 0.29) is 41.2 Å². The lowest BCUT2D eigenvalue weighted by Gasteiger charge is -2.05. The van der Waals surface area contributed by atoms with E-state index in [2.05, 4.69) is 31.3 Å². The topological polar surface area (TPSA) is 94.0 Å². The fourth-order valence-electron chi connectivity index (χ4n) is 2.62. The van der Waals surface area contributed by atoms with E-state index < -0.39 is 9.84 Å². The van der Waals surface area contributed by atoms with Crippen molar-refractivity contribution in [2.75, 3.05) is 11.1 Å². The smallest absolute Gasteiger partial charge is 0.248 e. The fourth-order valence-corrected chi connectivity index (χ4v) is 4.20. The van der Waals surface area contributed by atoms with E-state index in [1.807, 2.05) is 0 Å². The van der Waals surface area contributed by atoms with Crippen molar-refractivity contribution in [2.24, 2.45) is 0 Å². The fraction of sp³-hybridized carbons (Fsp3) is 0.211. The second-order valence-corrected chi connectivity index (χ2v) is 9.35. The largest absolute Gasteiger partial charge is 0.293 e. The van der Waals surface area contributed by atoms with E-state index >= 15 is 0 Å². The molecule has 0 saturated heterocycles. The van der Waals surface area contributed by atoms with Gasteiger partial charge in [-0.2, -0.15) is 0 Å². The molecule has 152 valence electrons. The second-order valence-electron chi connectivity index (χ2n) is 6.32. The van der Waals surface area contributed by atoms with Gasteiger partial charge >= 0.3 is 0 Å². The molecule has 3 rings (SSSR count). The van der Waals surface area contributed by atoms with Crippen LogP contribution in [0.5, 0.6) is 0 Å². The van der Waals surface area contributed by atoms with Gasteiger partial charge in [0.25, 0.3) is 0 Å². The first-order valence-electron chi connectivity index (χ1n) is 8.74. The summed E-state index contributed by atoms with van der Waals surface area (Å²) in [6.07, 6.45) is 1.63. The Labute approximate surface area is 176 Å². The molecule has 2 aromatic carbocycles. The standard InChI is InChI=1S/C19H18BrFN4O3S/c20-15-6-8-17(9-7-15)29(27,28)10-2-5-18(26)23-19-22-13-25(24-19)12-14-3-1-4-16(21)11-14/h1,3-4,6-9,11,13H,2,5,10,12H2,(H,23,24,26). The summed E-state index contributed by atoms with van der Waals surface area (Å²) in [5, 5.41) is 6.65. The monoisotopic (exact) mass is 480 g/mol. The maximum absolute atomic E-state index is 13.2. The summed E-state index contributed by atoms with van der Waals surface area (Å²) in [6, 6.07) is 12.5. The maximum Gasteiger partial charge on any atom is 0.248 e. The minimum Gasteiger partial charge on any atom is -0.293 e. The van der Waals surface area contributed by atoms with Gasteiger partial charge in [0.2, 0.25) is 11.9 Å². The van der Waals surface area contributed by atoms with Gasteiger partial charge in [0, 0.05) is 10.9 Å². The number of carbonyl (C=O) groups excluding carboxylic acids is 1. The molecule has 0 saturated carbocycles. The molecule has 10 heteroatoms. The maximum atomic E-state index is 13.2. The third-order valence-corrected chi connectivity index (χ3v) is 6.36. The zero-order chi connectivity index (χ0) is 20.9. The van der Waals surface area contributed by atoms with Crippen molar-refractivity contribution in [3.05, 3.63) is 70.7 Å². The third-order valence-electron chi connectivity index (χ3n) is 4.01. The summed E-state index contributed by atoms with van der Waals surface area (Å²) in [4.78, 5) is 16.3. The summed E-state index contributed by atoms with van der Waals surface area (Å²) in [5.74, 6) is -0.736. The zero-order valence-electron chi connectivity index (χ0n) is 15.3. The molecule has 0 spiro atoms. The molecule has 1 amide bonds. The molecule has 0 radical (unpaired) electrons. The summed E-state index contributed by atoms with van der Waals surface area (Å²) in [5.41, 5.74) is 0.714. The number of amides is 1. The van der Waals surface area contributed by atoms with E-state index in [0.717, 1.165) is 4.47 Å². The Morgan fingerprint density at radius 3 is 2.66 bits per heavy atom. The van der Waals surface area contributed by atoms with Gasteiger partial charge in [-0.25, -0.2) is 22.5 Å². The molecule has 1 aromatic heterocycles. The minimum atomic E-state index is -3.45. The Morgan fingerprint density at radius 2 is 1.93 bits per heavy atom. The normalized spacial score (nSPS) is 11.4. The van der Waals surface area contributed by atoms with Crippen molar-refractivity contribution in [1.29, 1.82) is 0 Å². The summed E-state index contributed by atoms with van der Waals surface area (Å²) >= 11 is 3.26. The van der Waals surface area contributed by atoms with Gasteiger partial charge in [0.15, 0.2) is 9.84 Å². The van der Waals surface area contributed by atoms with E-state index in [0.29, 0.717) is 12.1 Å². The highest BCUT2D eigenvalue weighted by Crippen LogP contribution is 2.17. The van der Waals surface area contributed by atoms with Crippen LogP contribution in [0.3, 0.4) is 0 Å². The van der Waals surface area contributed by atoms with Gasteiger partial charge < -0.3 is 0 Å². The predicted molar refractivity (Wildman–Crippen MR) is 110 cm³/mol. The van der Waals surface area contributed by atoms with E-state index in [1.165, 1.54) is 35.3 Å². The molecular weight excluding hydrogens is 463 g/mol. The van der Waals surface area contributed by atoms with Gasteiger partial charge in [-0.15, -0.1) is 5.10 Å². The minimum absolute atomic E-state index is 0.0220. The molecule has 3 aromatic rings. The SMILES string of the molecule is O=C(CCCS(=O)(=O)c1ccc(Br)cc1)Nc1ncn(Cc2cccc(F)c2)n1. The van der Waals surface area contributed by atoms with E-state index in [4.69, 9.17) is 0 Å². The van der Waals surface area contributed by atoms with Crippen molar-refractivity contribution >= 4 is 37.6 Å². The highest BCUT2D eigenvalue weighted by molar-refractivity contribution is 9.10. The van der Waals surface area contributed by atoms with Crippen molar-refractivity contribution in [3.8, 4) is 0 Å². The number of anilines is 1. The Hall–Kier alpha value is -2.59. The molecule has 0 aliphatic rings. The molecule has 0 aliphatic heterocycles. The molecule has 0 atom stereocenters. The third kappa shape index (κ3) is 6.20. The van der Waals surface area contributed by atoms with E-state index in [1.54, 1.807) is 24.3 Å². The van der Waals surface area contributed by atoms with Gasteiger partial charge in [0.05, 0.1) is 17.2 Å². The Morgan fingerprint density at radius 1 is 1.17 bits per heavy atom. The van der Waals surface area contributed by atoms with E-state index in [9.17, 15) is 17.6 Å². The van der Waals surface area contributed by atoms with Crippen LogP contribution < -0.4 is 5.32 Å². The number of sulfone groups is 1. The summed E-state index contributed by atoms with van der Waals surface area (Å²) in [7, 11) is -3.45. The van der Waals surface area contributed by atoms with Crippen LogP contribution in [0, 0.1) is 5.82 Å². The molecule has 29 heavy (non-hydrogen) atoms. The van der Waals surface area contributed by atoms with Crippen LogP contribution in [-0.4, -0.2) is 34.8 Å². The number of carbonyl (C=O) groups is 1. The molecule has 0 aliphatic carbocycles. The molecule has 1 N–H and O–H groups in total. The molecule has 7 nitrogen and oxygen atoms in total. The molecule has 0 unspecified atom stereocenters. The second kappa shape index (κ2) is 9.27. The lowest BCUT2D eigenvalue weighted by molar-refractivity contribution is -0.116. The number of rotatable bonds is 8. The van der Waals surface area contributed by atoms with Gasteiger partial charge in [-0.3, -0.25) is 10.1 Å². The number of hydrogen-bond donors (Lipinski definition) is 1. The lowest BCUT2D eigenvalue weighted by atomic mass is 10.2. The number of aromatic nitrogens is 3. The Bertz CT molecular complexity index is 1100. The van der Waals surface area contributed by atoms with Crippen LogP contribution in [0.2, 0.25) is 0 Å². The average Bonchev–Trinajstić information content (AvgIpc) is 3.08. The van der Waals surface area contributed by atoms with Gasteiger partial charge in [-0.1, -0.05) is 28.1 Å². The lowest BCUT2D eigenvalue weighted by Crippen LogP contribution is -2.15. The first kappa shape index (κ1) is 21.1. The van der Waals surface area contributed by atoms with Crippen LogP contribution in [0.4, 0.5) is 10.3 Å². The zero-order valence-corrected chi connectivity index (χ0v) is 17.7. The first-order valence-corrected chi connectivity index (χ1v) is 11.2. The Kier molecular flexibility index (Phi) is 6.75. The number of hydrogen-bond acceptors (Lipinski definition) is 5. The summed E-state index contributed by atoms with van der Waals surface area (Å²) in [6.45, 7) is 0.312. The number of nitrogens with one attached hydrogen (secondary N) is 1. The van der Waals surface area contributed by atoms with Crippen LogP contribution in [0.1, 0.15) is 18.4 Å². The van der Waals surface area contributed by atoms with Crippen LogP contribution in [0.15, 0.2) is 64.2 Å². The van der Waals surface area contributed by atoms with Gasteiger partial charge in [-0.05, 0) is 48.4 Å². The molecule has 0 fully saturated rings. The molecule has 1 heterocycles. The van der Waals surface area contributed by atoms with Crippen LogP contribution in [-0.2, 0) is 21.2 Å². The van der Waals surface area contributed by atoms with Crippen molar-refractivity contribution in [2.45, 2.75) is 24.3 Å². The Balaban J connectivity index is 1.48. The predicted octanol–water partition coefficient (Wildman–Crippen LogP) is 3.42. The number of halogens is 2. The van der Waals surface area contributed by atoms with Crippen molar-refractivity contribution in [3.63, 3.8) is 0 Å². The highest BCUT2D eigenvalue weighted by atomic mass is 79.9. The van der Waals surface area contributed by atoms with Crippen LogP contribution in [0.25, 0.3) is 0 Å². The van der Waals surface area contributed by atoms with Crippen molar-refractivity contribution < 1.29 is 17.6 Å². The quantitative estimate of drug-likeness (QED) is 0.532. The average molecular weight is 481 g/mol. The van der Waals surface area contributed by atoms with Crippen LogP contribution >= 0.6 is 15.9 Å². The molecular formula is C19H18BrFN4O3S. The number of benzene rings is 2. The highest BCUT2D eigenvalue weighted by Gasteiger charge is 2.15.